The lowest BCUT2D eigenvalue weighted by molar-refractivity contribution is 0.211. The molecule has 1 fully saturated rings. The summed E-state index contributed by atoms with van der Waals surface area (Å²) < 4.78 is 5.76. The van der Waals surface area contributed by atoms with Gasteiger partial charge in [0.1, 0.15) is 11.5 Å². The van der Waals surface area contributed by atoms with E-state index in [4.69, 9.17) is 4.42 Å². The molecule has 0 aliphatic heterocycles. The summed E-state index contributed by atoms with van der Waals surface area (Å²) in [5, 5.41) is 3.43. The predicted octanol–water partition coefficient (Wildman–Crippen LogP) is 3.67. The molecule has 1 saturated carbocycles. The molecule has 0 radical (unpaired) electrons. The topological polar surface area (TPSA) is 25.2 Å². The Bertz CT molecular complexity index is 331. The third-order valence-electron chi connectivity index (χ3n) is 3.83. The van der Waals surface area contributed by atoms with Crippen LogP contribution < -0.4 is 5.32 Å². The van der Waals surface area contributed by atoms with Gasteiger partial charge < -0.3 is 9.73 Å². The van der Waals surface area contributed by atoms with E-state index in [0.717, 1.165) is 23.4 Å². The summed E-state index contributed by atoms with van der Waals surface area (Å²) in [6, 6.07) is 4.58. The third kappa shape index (κ3) is 2.49. The van der Waals surface area contributed by atoms with Crippen molar-refractivity contribution in [3.8, 4) is 0 Å². The zero-order valence-corrected chi connectivity index (χ0v) is 10.6. The molecule has 0 bridgehead atoms. The second-order valence-corrected chi connectivity index (χ2v) is 5.25. The van der Waals surface area contributed by atoms with Crippen molar-refractivity contribution < 1.29 is 4.42 Å². The molecule has 1 aromatic heterocycles. The molecule has 1 aromatic rings. The molecule has 2 nitrogen and oxygen atoms in total. The molecule has 2 rings (SSSR count). The van der Waals surface area contributed by atoms with Crippen molar-refractivity contribution in [3.63, 3.8) is 0 Å². The molecule has 2 heteroatoms. The van der Waals surface area contributed by atoms with Crippen molar-refractivity contribution in [1.29, 1.82) is 0 Å². The predicted molar refractivity (Wildman–Crippen MR) is 66.4 cm³/mol. The lowest BCUT2D eigenvalue weighted by atomic mass is 9.78. The summed E-state index contributed by atoms with van der Waals surface area (Å²) in [4.78, 5) is 0. The fraction of sp³-hybridized carbons (Fsp3) is 0.714. The van der Waals surface area contributed by atoms with Gasteiger partial charge in [0.05, 0.1) is 6.04 Å². The van der Waals surface area contributed by atoms with Gasteiger partial charge in [-0.1, -0.05) is 19.8 Å². The van der Waals surface area contributed by atoms with Crippen LogP contribution in [0.3, 0.4) is 0 Å². The molecule has 1 N–H and O–H groups in total. The van der Waals surface area contributed by atoms with Crippen LogP contribution in [0, 0.1) is 18.8 Å². The van der Waals surface area contributed by atoms with Gasteiger partial charge >= 0.3 is 0 Å². The van der Waals surface area contributed by atoms with Crippen LogP contribution in [0.5, 0.6) is 0 Å². The summed E-state index contributed by atoms with van der Waals surface area (Å²) in [7, 11) is 2.04. The van der Waals surface area contributed by atoms with Gasteiger partial charge in [0.25, 0.3) is 0 Å². The lowest BCUT2D eigenvalue weighted by Gasteiger charge is -2.32. The molecule has 90 valence electrons. The Kier molecular flexibility index (Phi) is 3.70. The Morgan fingerprint density at radius 2 is 2.19 bits per heavy atom. The van der Waals surface area contributed by atoms with Crippen molar-refractivity contribution in [2.45, 2.75) is 45.6 Å². The molecular weight excluding hydrogens is 198 g/mol. The van der Waals surface area contributed by atoms with E-state index in [1.165, 1.54) is 25.7 Å². The van der Waals surface area contributed by atoms with Crippen LogP contribution in [-0.2, 0) is 0 Å². The summed E-state index contributed by atoms with van der Waals surface area (Å²) in [5.41, 5.74) is 0. The summed E-state index contributed by atoms with van der Waals surface area (Å²) >= 11 is 0. The normalized spacial score (nSPS) is 27.9. The van der Waals surface area contributed by atoms with E-state index in [0.29, 0.717) is 6.04 Å². The SMILES string of the molecule is CNC(c1ccc(C)o1)C1CCCC(C)C1. The Morgan fingerprint density at radius 1 is 1.38 bits per heavy atom. The minimum Gasteiger partial charge on any atom is -0.465 e. The smallest absolute Gasteiger partial charge is 0.121 e. The van der Waals surface area contributed by atoms with E-state index in [2.05, 4.69) is 24.4 Å². The zero-order valence-electron chi connectivity index (χ0n) is 10.6. The summed E-state index contributed by atoms with van der Waals surface area (Å²) in [6.45, 7) is 4.38. The van der Waals surface area contributed by atoms with Gasteiger partial charge in [0, 0.05) is 0 Å². The quantitative estimate of drug-likeness (QED) is 0.842. The highest BCUT2D eigenvalue weighted by atomic mass is 16.3. The molecule has 0 aromatic carbocycles. The highest BCUT2D eigenvalue weighted by molar-refractivity contribution is 5.11. The van der Waals surface area contributed by atoms with Crippen LogP contribution >= 0.6 is 0 Å². The van der Waals surface area contributed by atoms with Gasteiger partial charge in [0.15, 0.2) is 0 Å². The minimum atomic E-state index is 0.399. The van der Waals surface area contributed by atoms with Crippen LogP contribution in [0.4, 0.5) is 0 Å². The van der Waals surface area contributed by atoms with Gasteiger partial charge in [-0.15, -0.1) is 0 Å². The van der Waals surface area contributed by atoms with Crippen molar-refractivity contribution >= 4 is 0 Å². The van der Waals surface area contributed by atoms with Crippen LogP contribution in [-0.4, -0.2) is 7.05 Å². The van der Waals surface area contributed by atoms with E-state index >= 15 is 0 Å². The number of rotatable bonds is 3. The van der Waals surface area contributed by atoms with E-state index < -0.39 is 0 Å². The van der Waals surface area contributed by atoms with Gasteiger partial charge in [-0.3, -0.25) is 0 Å². The Morgan fingerprint density at radius 3 is 2.75 bits per heavy atom. The van der Waals surface area contributed by atoms with Gasteiger partial charge in [-0.05, 0) is 50.8 Å². The van der Waals surface area contributed by atoms with Gasteiger partial charge in [0.2, 0.25) is 0 Å². The first-order valence-corrected chi connectivity index (χ1v) is 6.44. The molecule has 16 heavy (non-hydrogen) atoms. The van der Waals surface area contributed by atoms with Crippen molar-refractivity contribution in [3.05, 3.63) is 23.7 Å². The number of hydrogen-bond acceptors (Lipinski definition) is 2. The van der Waals surface area contributed by atoms with Gasteiger partial charge in [-0.25, -0.2) is 0 Å². The van der Waals surface area contributed by atoms with Crippen molar-refractivity contribution in [2.24, 2.45) is 11.8 Å². The Balaban J connectivity index is 2.09. The number of hydrogen-bond donors (Lipinski definition) is 1. The fourth-order valence-electron chi connectivity index (χ4n) is 3.01. The fourth-order valence-corrected chi connectivity index (χ4v) is 3.01. The molecule has 1 heterocycles. The number of furan rings is 1. The maximum Gasteiger partial charge on any atom is 0.121 e. The number of aryl methyl sites for hydroxylation is 1. The van der Waals surface area contributed by atoms with Crippen LogP contribution in [0.25, 0.3) is 0 Å². The first-order valence-electron chi connectivity index (χ1n) is 6.44. The Hall–Kier alpha value is -0.760. The third-order valence-corrected chi connectivity index (χ3v) is 3.83. The van der Waals surface area contributed by atoms with E-state index in [-0.39, 0.29) is 0 Å². The van der Waals surface area contributed by atoms with Crippen LogP contribution in [0.15, 0.2) is 16.5 Å². The summed E-state index contributed by atoms with van der Waals surface area (Å²) in [5.74, 6) is 3.73. The second-order valence-electron chi connectivity index (χ2n) is 5.25. The maximum atomic E-state index is 5.76. The number of nitrogens with one attached hydrogen (secondary N) is 1. The first kappa shape index (κ1) is 11.7. The lowest BCUT2D eigenvalue weighted by Crippen LogP contribution is -2.28. The second kappa shape index (κ2) is 5.05. The van der Waals surface area contributed by atoms with Crippen LogP contribution in [0.1, 0.15) is 50.2 Å². The summed E-state index contributed by atoms with van der Waals surface area (Å²) in [6.07, 6.45) is 5.41. The van der Waals surface area contributed by atoms with Crippen LogP contribution in [0.2, 0.25) is 0 Å². The Labute approximate surface area is 98.4 Å². The van der Waals surface area contributed by atoms with Gasteiger partial charge in [-0.2, -0.15) is 0 Å². The van der Waals surface area contributed by atoms with E-state index in [1.807, 2.05) is 14.0 Å². The minimum absolute atomic E-state index is 0.399. The molecular formula is C14H23NO. The zero-order chi connectivity index (χ0) is 11.5. The molecule has 0 saturated heterocycles. The molecule has 1 aliphatic carbocycles. The highest BCUT2D eigenvalue weighted by Gasteiger charge is 2.28. The first-order chi connectivity index (χ1) is 7.70. The van der Waals surface area contributed by atoms with Crippen molar-refractivity contribution in [1.82, 2.24) is 5.32 Å². The average Bonchev–Trinajstić information content (AvgIpc) is 2.66. The molecule has 3 unspecified atom stereocenters. The maximum absolute atomic E-state index is 5.76. The standard InChI is InChI=1S/C14H23NO/c1-10-5-4-6-12(9-10)14(15-3)13-8-7-11(2)16-13/h7-8,10,12,14-15H,4-6,9H2,1-3H3. The van der Waals surface area contributed by atoms with E-state index in [1.54, 1.807) is 0 Å². The molecule has 0 spiro atoms. The molecule has 3 atom stereocenters. The molecule has 0 amide bonds. The average molecular weight is 221 g/mol. The van der Waals surface area contributed by atoms with E-state index in [9.17, 15) is 0 Å². The monoisotopic (exact) mass is 221 g/mol. The largest absolute Gasteiger partial charge is 0.465 e. The van der Waals surface area contributed by atoms with Crippen molar-refractivity contribution in [2.75, 3.05) is 7.05 Å². The molecule has 1 aliphatic rings. The highest BCUT2D eigenvalue weighted by Crippen LogP contribution is 2.37.